The van der Waals surface area contributed by atoms with Gasteiger partial charge in [-0.2, -0.15) is 0 Å². The minimum absolute atomic E-state index is 0.0110. The molecular weight excluding hydrogens is 308 g/mol. The topological polar surface area (TPSA) is 87.0 Å². The van der Waals surface area contributed by atoms with Gasteiger partial charge in [-0.1, -0.05) is 25.2 Å². The number of carbonyl (C=O) groups excluding carboxylic acids is 1. The second-order valence-electron chi connectivity index (χ2n) is 8.10. The van der Waals surface area contributed by atoms with Gasteiger partial charge < -0.3 is 20.1 Å². The smallest absolute Gasteiger partial charge is 0.336 e. The molecule has 2 saturated carbocycles. The van der Waals surface area contributed by atoms with Crippen LogP contribution in [0.1, 0.15) is 46.0 Å². The average molecular weight is 336 g/mol. The summed E-state index contributed by atoms with van der Waals surface area (Å²) in [4.78, 5) is 11.7. The van der Waals surface area contributed by atoms with Crippen molar-refractivity contribution < 1.29 is 24.9 Å². The number of cyclic esters (lactones) is 1. The lowest BCUT2D eigenvalue weighted by Crippen LogP contribution is -2.59. The molecule has 1 saturated heterocycles. The van der Waals surface area contributed by atoms with Crippen LogP contribution in [0.5, 0.6) is 0 Å². The molecule has 0 amide bonds. The number of aliphatic hydroxyl groups excluding tert-OH is 2. The number of fused-ring (bicyclic) bond motifs is 1. The van der Waals surface area contributed by atoms with E-state index in [0.717, 1.165) is 24.8 Å². The lowest BCUT2D eigenvalue weighted by atomic mass is 9.49. The molecule has 1 aliphatic heterocycles. The molecule has 0 bridgehead atoms. The molecule has 0 spiro atoms. The highest BCUT2D eigenvalue weighted by Crippen LogP contribution is 2.58. The van der Waals surface area contributed by atoms with E-state index in [1.807, 2.05) is 0 Å². The molecule has 6 atom stereocenters. The Morgan fingerprint density at radius 2 is 2.04 bits per heavy atom. The molecule has 0 unspecified atom stereocenters. The van der Waals surface area contributed by atoms with Gasteiger partial charge in [0.25, 0.3) is 0 Å². The monoisotopic (exact) mass is 336 g/mol. The number of rotatable bonds is 2. The molecule has 0 aromatic rings. The summed E-state index contributed by atoms with van der Waals surface area (Å²) in [6, 6.07) is 0. The molecule has 0 aromatic carbocycles. The van der Waals surface area contributed by atoms with Crippen LogP contribution in [-0.2, 0) is 9.53 Å². The van der Waals surface area contributed by atoms with E-state index < -0.39 is 23.8 Å². The minimum atomic E-state index is -1.11. The molecule has 3 rings (SSSR count). The van der Waals surface area contributed by atoms with Crippen molar-refractivity contribution in [2.75, 3.05) is 6.61 Å². The maximum atomic E-state index is 11.7. The summed E-state index contributed by atoms with van der Waals surface area (Å²) in [6.45, 7) is 8.15. The Kier molecular flexibility index (Phi) is 4.39. The quantitative estimate of drug-likeness (QED) is 0.406. The van der Waals surface area contributed by atoms with Crippen molar-refractivity contribution >= 4 is 5.97 Å². The van der Waals surface area contributed by atoms with Crippen molar-refractivity contribution in [1.82, 2.24) is 0 Å². The number of aliphatic hydroxyl groups is 3. The summed E-state index contributed by atoms with van der Waals surface area (Å²) < 4.78 is 4.87. The highest BCUT2D eigenvalue weighted by atomic mass is 16.6. The first-order valence-corrected chi connectivity index (χ1v) is 8.81. The van der Waals surface area contributed by atoms with Gasteiger partial charge in [0.1, 0.15) is 12.7 Å². The molecule has 3 fully saturated rings. The Morgan fingerprint density at radius 3 is 2.67 bits per heavy atom. The normalized spacial score (nSPS) is 47.6. The summed E-state index contributed by atoms with van der Waals surface area (Å²) >= 11 is 0. The lowest BCUT2D eigenvalue weighted by molar-refractivity contribution is -0.185. The lowest BCUT2D eigenvalue weighted by Gasteiger charge is -2.58. The van der Waals surface area contributed by atoms with Gasteiger partial charge in [-0.15, -0.1) is 0 Å². The summed E-state index contributed by atoms with van der Waals surface area (Å²) in [6.07, 6.45) is 3.82. The van der Waals surface area contributed by atoms with Gasteiger partial charge in [-0.25, -0.2) is 4.79 Å². The Bertz CT molecular complexity index is 578. The van der Waals surface area contributed by atoms with Crippen molar-refractivity contribution in [2.24, 2.45) is 17.3 Å². The predicted octanol–water partition coefficient (Wildman–Crippen LogP) is 1.71. The molecular formula is C19H28O5. The van der Waals surface area contributed by atoms with Crippen LogP contribution >= 0.6 is 0 Å². The molecule has 5 nitrogen and oxygen atoms in total. The van der Waals surface area contributed by atoms with Crippen molar-refractivity contribution in [3.8, 4) is 0 Å². The third-order valence-corrected chi connectivity index (χ3v) is 6.72. The first kappa shape index (κ1) is 17.6. The minimum Gasteiger partial charge on any atom is -0.459 e. The molecule has 5 heteroatoms. The third-order valence-electron chi connectivity index (χ3n) is 6.72. The molecule has 134 valence electrons. The van der Waals surface area contributed by atoms with E-state index in [2.05, 4.69) is 13.5 Å². The van der Waals surface area contributed by atoms with Crippen molar-refractivity contribution in [3.63, 3.8) is 0 Å². The fraction of sp³-hybridized carbons (Fsp3) is 0.737. The number of allylic oxidation sites excluding steroid dienone is 2. The van der Waals surface area contributed by atoms with E-state index in [1.54, 1.807) is 13.0 Å². The zero-order valence-corrected chi connectivity index (χ0v) is 14.5. The van der Waals surface area contributed by atoms with Gasteiger partial charge in [0.05, 0.1) is 17.3 Å². The van der Waals surface area contributed by atoms with Crippen LogP contribution < -0.4 is 0 Å². The maximum Gasteiger partial charge on any atom is 0.336 e. The van der Waals surface area contributed by atoms with E-state index in [0.29, 0.717) is 18.4 Å². The molecule has 3 aliphatic rings. The summed E-state index contributed by atoms with van der Waals surface area (Å²) in [5.41, 5.74) is 0.169. The van der Waals surface area contributed by atoms with E-state index in [-0.39, 0.29) is 23.9 Å². The number of esters is 1. The highest BCUT2D eigenvalue weighted by Gasteiger charge is 2.57. The summed E-state index contributed by atoms with van der Waals surface area (Å²) in [5.74, 6) is -0.344. The number of hydrogen-bond acceptors (Lipinski definition) is 5. The maximum absolute atomic E-state index is 11.7. The van der Waals surface area contributed by atoms with Gasteiger partial charge >= 0.3 is 5.97 Å². The molecule has 0 radical (unpaired) electrons. The fourth-order valence-electron chi connectivity index (χ4n) is 5.19. The first-order chi connectivity index (χ1) is 11.2. The molecule has 24 heavy (non-hydrogen) atoms. The van der Waals surface area contributed by atoms with Crippen LogP contribution in [0.4, 0.5) is 0 Å². The zero-order chi connectivity index (χ0) is 17.7. The van der Waals surface area contributed by atoms with Crippen molar-refractivity contribution in [1.29, 1.82) is 0 Å². The van der Waals surface area contributed by atoms with E-state index >= 15 is 0 Å². The number of ether oxygens (including phenoxy) is 1. The zero-order valence-electron chi connectivity index (χ0n) is 14.5. The van der Waals surface area contributed by atoms with E-state index in [1.165, 1.54) is 0 Å². The van der Waals surface area contributed by atoms with Crippen LogP contribution in [0.2, 0.25) is 0 Å². The van der Waals surface area contributed by atoms with Crippen molar-refractivity contribution in [2.45, 2.75) is 63.8 Å². The standard InChI is InChI=1S/C19H28O5/c1-11-4-7-15-18(2,9-8-16(21)19(15,3)23)13(11)6-5-12-14(20)10-24-17(12)22/h5,13-16,20-21,23H,1,4,6-10H2,2-3H3/b12-5+/t13-,14-,15+,16-,18+,19+/m1/s1. The van der Waals surface area contributed by atoms with Crippen LogP contribution in [0.3, 0.4) is 0 Å². The van der Waals surface area contributed by atoms with Crippen molar-refractivity contribution in [3.05, 3.63) is 23.8 Å². The van der Waals surface area contributed by atoms with Gasteiger partial charge in [-0.3, -0.25) is 0 Å². The second-order valence-corrected chi connectivity index (χ2v) is 8.10. The number of hydrogen-bond donors (Lipinski definition) is 3. The largest absolute Gasteiger partial charge is 0.459 e. The number of carbonyl (C=O) groups is 1. The third kappa shape index (κ3) is 2.63. The average Bonchev–Trinajstić information content (AvgIpc) is 2.82. The van der Waals surface area contributed by atoms with Crippen LogP contribution in [-0.4, -0.2) is 45.7 Å². The van der Waals surface area contributed by atoms with Crippen LogP contribution in [0.15, 0.2) is 23.8 Å². The molecule has 0 aromatic heterocycles. The summed E-state index contributed by atoms with van der Waals surface area (Å²) in [5, 5.41) is 31.0. The fourth-order valence-corrected chi connectivity index (χ4v) is 5.19. The molecule has 2 aliphatic carbocycles. The Hall–Kier alpha value is -1.17. The van der Waals surface area contributed by atoms with Gasteiger partial charge in [0.2, 0.25) is 0 Å². The molecule has 3 N–H and O–H groups in total. The first-order valence-electron chi connectivity index (χ1n) is 8.81. The summed E-state index contributed by atoms with van der Waals surface area (Å²) in [7, 11) is 0. The van der Waals surface area contributed by atoms with E-state index in [4.69, 9.17) is 4.74 Å². The second kappa shape index (κ2) is 5.97. The van der Waals surface area contributed by atoms with Crippen LogP contribution in [0, 0.1) is 17.3 Å². The van der Waals surface area contributed by atoms with E-state index in [9.17, 15) is 20.1 Å². The SMILES string of the molecule is C=C1CC[C@@H]2[C@](C)(O)[C@H](O)CC[C@@]2(C)[C@@H]1C/C=C1/C(=O)OC[C@H]1O. The van der Waals surface area contributed by atoms with Gasteiger partial charge in [0, 0.05) is 0 Å². The van der Waals surface area contributed by atoms with Crippen LogP contribution in [0.25, 0.3) is 0 Å². The Balaban J connectivity index is 1.87. The molecule has 1 heterocycles. The predicted molar refractivity (Wildman–Crippen MR) is 89.0 cm³/mol. The highest BCUT2D eigenvalue weighted by molar-refractivity contribution is 5.91. The van der Waals surface area contributed by atoms with Gasteiger partial charge in [-0.05, 0) is 56.3 Å². The Morgan fingerprint density at radius 1 is 1.33 bits per heavy atom. The van der Waals surface area contributed by atoms with Gasteiger partial charge in [0.15, 0.2) is 0 Å². The Labute approximate surface area is 143 Å².